The van der Waals surface area contributed by atoms with Crippen molar-refractivity contribution in [1.29, 1.82) is 5.26 Å². The van der Waals surface area contributed by atoms with E-state index in [9.17, 15) is 0 Å². The first-order valence-corrected chi connectivity index (χ1v) is 7.71. The molecule has 1 saturated carbocycles. The first-order valence-electron chi connectivity index (χ1n) is 7.33. The summed E-state index contributed by atoms with van der Waals surface area (Å²) in [7, 11) is 1.58. The summed E-state index contributed by atoms with van der Waals surface area (Å²) in [6.45, 7) is 0. The Morgan fingerprint density at radius 1 is 1.38 bits per heavy atom. The Hall–Kier alpha value is -1.73. The van der Waals surface area contributed by atoms with Crippen LogP contribution in [0.25, 0.3) is 0 Å². The van der Waals surface area contributed by atoms with Crippen LogP contribution in [0.3, 0.4) is 0 Å². The van der Waals surface area contributed by atoms with Gasteiger partial charge >= 0.3 is 0 Å². The molecule has 1 aromatic rings. The quantitative estimate of drug-likeness (QED) is 0.851. The highest BCUT2D eigenvalue weighted by Crippen LogP contribution is 2.38. The second-order valence-electron chi connectivity index (χ2n) is 5.63. The molecule has 0 radical (unpaired) electrons. The molecule has 0 N–H and O–H groups in total. The monoisotopic (exact) mass is 303 g/mol. The molecule has 0 spiro atoms. The van der Waals surface area contributed by atoms with E-state index in [2.05, 4.69) is 11.2 Å². The van der Waals surface area contributed by atoms with Crippen molar-refractivity contribution < 1.29 is 4.74 Å². The van der Waals surface area contributed by atoms with Gasteiger partial charge in [0.15, 0.2) is 0 Å². The molecule has 1 aliphatic heterocycles. The van der Waals surface area contributed by atoms with Crippen molar-refractivity contribution >= 4 is 22.5 Å². The molecule has 1 atom stereocenters. The van der Waals surface area contributed by atoms with Crippen LogP contribution in [0.5, 0.6) is 5.75 Å². The first-order chi connectivity index (χ1) is 10.2. The Kier molecular flexibility index (Phi) is 4.03. The van der Waals surface area contributed by atoms with Crippen molar-refractivity contribution in [3.8, 4) is 11.8 Å². The van der Waals surface area contributed by atoms with Crippen LogP contribution in [0.1, 0.15) is 37.7 Å². The molecular weight excluding hydrogens is 286 g/mol. The largest absolute Gasteiger partial charge is 0.495 e. The maximum atomic E-state index is 9.08. The van der Waals surface area contributed by atoms with Crippen molar-refractivity contribution in [3.63, 3.8) is 0 Å². The predicted molar refractivity (Wildman–Crippen MR) is 83.8 cm³/mol. The zero-order valence-electron chi connectivity index (χ0n) is 12.1. The van der Waals surface area contributed by atoms with Crippen LogP contribution in [-0.4, -0.2) is 18.3 Å². The van der Waals surface area contributed by atoms with Crippen molar-refractivity contribution in [2.75, 3.05) is 12.1 Å². The summed E-state index contributed by atoms with van der Waals surface area (Å²) in [6.07, 6.45) is 5.89. The summed E-state index contributed by atoms with van der Waals surface area (Å²) in [5.41, 5.74) is 1.48. The third-order valence-electron chi connectivity index (χ3n) is 4.42. The lowest BCUT2D eigenvalue weighted by Gasteiger charge is -2.28. The number of hydrogen-bond acceptors (Lipinski definition) is 4. The molecule has 110 valence electrons. The van der Waals surface area contributed by atoms with E-state index in [1.54, 1.807) is 13.2 Å². The average Bonchev–Trinajstić information content (AvgIpc) is 3.15. The summed E-state index contributed by atoms with van der Waals surface area (Å²) in [6, 6.07) is 8.04. The number of hydrazone groups is 1. The molecule has 21 heavy (non-hydrogen) atoms. The predicted octanol–water partition coefficient (Wildman–Crippen LogP) is 3.89. The Morgan fingerprint density at radius 2 is 2.14 bits per heavy atom. The molecule has 0 aromatic heterocycles. The molecule has 0 amide bonds. The van der Waals surface area contributed by atoms with Gasteiger partial charge in [0.1, 0.15) is 17.0 Å². The van der Waals surface area contributed by atoms with E-state index in [0.717, 1.165) is 12.1 Å². The van der Waals surface area contributed by atoms with Crippen molar-refractivity contribution in [1.82, 2.24) is 0 Å². The van der Waals surface area contributed by atoms with Gasteiger partial charge in [0.05, 0.1) is 24.4 Å². The molecular formula is C16H18ClN3O. The summed E-state index contributed by atoms with van der Waals surface area (Å²) in [5.74, 6) is 1.23. The second-order valence-corrected chi connectivity index (χ2v) is 6.07. The van der Waals surface area contributed by atoms with Gasteiger partial charge in [0, 0.05) is 12.5 Å². The summed E-state index contributed by atoms with van der Waals surface area (Å²) in [4.78, 5) is 0. The number of ether oxygens (including phenoxy) is 1. The fourth-order valence-electron chi connectivity index (χ4n) is 3.36. The Labute approximate surface area is 130 Å². The minimum Gasteiger partial charge on any atom is -0.495 e. The van der Waals surface area contributed by atoms with Crippen LogP contribution in [0.15, 0.2) is 23.3 Å². The van der Waals surface area contributed by atoms with E-state index in [1.807, 2.05) is 17.1 Å². The fourth-order valence-corrected chi connectivity index (χ4v) is 3.60. The number of rotatable bonds is 3. The van der Waals surface area contributed by atoms with Gasteiger partial charge in [-0.2, -0.15) is 10.4 Å². The normalized spacial score (nSPS) is 22.2. The molecule has 3 rings (SSSR count). The SMILES string of the molecule is COc1cc(N2N=C(Cl)CC2C2CCCC2)ccc1C#N. The van der Waals surface area contributed by atoms with E-state index in [1.165, 1.54) is 25.7 Å². The van der Waals surface area contributed by atoms with E-state index >= 15 is 0 Å². The molecule has 1 aliphatic carbocycles. The van der Waals surface area contributed by atoms with Gasteiger partial charge in [-0.15, -0.1) is 0 Å². The standard InChI is InChI=1S/C16H18ClN3O/c1-21-15-8-13(7-6-12(15)10-18)20-14(9-16(17)19-20)11-4-2-3-5-11/h6-8,11,14H,2-5,9H2,1H3. The zero-order valence-corrected chi connectivity index (χ0v) is 12.8. The highest BCUT2D eigenvalue weighted by molar-refractivity contribution is 6.65. The number of hydrogen-bond donors (Lipinski definition) is 0. The number of benzene rings is 1. The van der Waals surface area contributed by atoms with Crippen molar-refractivity contribution in [3.05, 3.63) is 23.8 Å². The van der Waals surface area contributed by atoms with Gasteiger partial charge in [0.25, 0.3) is 0 Å². The van der Waals surface area contributed by atoms with Crippen LogP contribution in [0, 0.1) is 17.2 Å². The zero-order chi connectivity index (χ0) is 14.8. The summed E-state index contributed by atoms with van der Waals surface area (Å²) >= 11 is 6.19. The molecule has 0 saturated heterocycles. The molecule has 1 unspecified atom stereocenters. The fraction of sp³-hybridized carbons (Fsp3) is 0.500. The van der Waals surface area contributed by atoms with Crippen LogP contribution in [0.2, 0.25) is 0 Å². The summed E-state index contributed by atoms with van der Waals surface area (Å²) < 4.78 is 5.29. The number of nitriles is 1. The minimum absolute atomic E-state index is 0.331. The second kappa shape index (κ2) is 5.95. The number of methoxy groups -OCH3 is 1. The van der Waals surface area contributed by atoms with Gasteiger partial charge in [-0.25, -0.2) is 0 Å². The number of halogens is 1. The van der Waals surface area contributed by atoms with Crippen molar-refractivity contribution in [2.45, 2.75) is 38.1 Å². The molecule has 0 bridgehead atoms. The van der Waals surface area contributed by atoms with Crippen molar-refractivity contribution in [2.24, 2.45) is 11.0 Å². The van der Waals surface area contributed by atoms with Crippen LogP contribution < -0.4 is 9.75 Å². The Morgan fingerprint density at radius 3 is 2.81 bits per heavy atom. The van der Waals surface area contributed by atoms with Crippen LogP contribution >= 0.6 is 11.6 Å². The number of nitrogens with zero attached hydrogens (tertiary/aromatic N) is 3. The van der Waals surface area contributed by atoms with Gasteiger partial charge < -0.3 is 4.74 Å². The van der Waals surface area contributed by atoms with Gasteiger partial charge in [-0.05, 0) is 30.9 Å². The third-order valence-corrected chi connectivity index (χ3v) is 4.65. The van der Waals surface area contributed by atoms with Crippen LogP contribution in [-0.2, 0) is 0 Å². The molecule has 1 aromatic carbocycles. The highest BCUT2D eigenvalue weighted by Gasteiger charge is 2.35. The van der Waals surface area contributed by atoms with E-state index < -0.39 is 0 Å². The van der Waals surface area contributed by atoms with E-state index in [0.29, 0.717) is 28.4 Å². The van der Waals surface area contributed by atoms with Gasteiger partial charge in [-0.1, -0.05) is 24.4 Å². The number of anilines is 1. The lowest BCUT2D eigenvalue weighted by atomic mass is 9.95. The lowest BCUT2D eigenvalue weighted by molar-refractivity contribution is 0.411. The first kappa shape index (κ1) is 14.2. The maximum absolute atomic E-state index is 9.08. The highest BCUT2D eigenvalue weighted by atomic mass is 35.5. The average molecular weight is 304 g/mol. The lowest BCUT2D eigenvalue weighted by Crippen LogP contribution is -2.32. The maximum Gasteiger partial charge on any atom is 0.138 e. The molecule has 5 heteroatoms. The summed E-state index contributed by atoms with van der Waals surface area (Å²) in [5, 5.41) is 16.3. The van der Waals surface area contributed by atoms with E-state index in [-0.39, 0.29) is 0 Å². The van der Waals surface area contributed by atoms with Crippen LogP contribution in [0.4, 0.5) is 5.69 Å². The third kappa shape index (κ3) is 2.71. The minimum atomic E-state index is 0.331. The van der Waals surface area contributed by atoms with Gasteiger partial charge in [0.2, 0.25) is 0 Å². The molecule has 4 nitrogen and oxygen atoms in total. The Balaban J connectivity index is 1.91. The smallest absolute Gasteiger partial charge is 0.138 e. The molecule has 2 aliphatic rings. The Bertz CT molecular complexity index is 602. The topological polar surface area (TPSA) is 48.6 Å². The van der Waals surface area contributed by atoms with E-state index in [4.69, 9.17) is 21.6 Å². The molecule has 1 fully saturated rings. The van der Waals surface area contributed by atoms with Gasteiger partial charge in [-0.3, -0.25) is 5.01 Å². The molecule has 1 heterocycles.